The molecule has 1 aromatic rings. The number of ether oxygens (including phenoxy) is 1. The van der Waals surface area contributed by atoms with Crippen molar-refractivity contribution >= 4 is 11.7 Å². The maximum Gasteiger partial charge on any atom is 0.416 e. The number of anilines is 1. The van der Waals surface area contributed by atoms with Crippen molar-refractivity contribution in [3.8, 4) is 0 Å². The van der Waals surface area contributed by atoms with Gasteiger partial charge in [0.15, 0.2) is 0 Å². The third-order valence-electron chi connectivity index (χ3n) is 2.74. The lowest BCUT2D eigenvalue weighted by atomic mass is 10.1. The summed E-state index contributed by atoms with van der Waals surface area (Å²) in [5.74, 6) is -0.378. The first-order valence-corrected chi connectivity index (χ1v) is 6.34. The average molecular weight is 289 g/mol. The van der Waals surface area contributed by atoms with Crippen LogP contribution in [0.4, 0.5) is 18.9 Å². The van der Waals surface area contributed by atoms with Gasteiger partial charge in [-0.15, -0.1) is 0 Å². The molecule has 0 fully saturated rings. The van der Waals surface area contributed by atoms with Crippen LogP contribution in [0.15, 0.2) is 18.2 Å². The highest BCUT2D eigenvalue weighted by Gasteiger charge is 2.30. The molecule has 0 heterocycles. The molecule has 0 saturated heterocycles. The fraction of sp³-hybridized carbons (Fsp3) is 0.500. The molecule has 0 saturated carbocycles. The van der Waals surface area contributed by atoms with E-state index in [9.17, 15) is 18.0 Å². The van der Waals surface area contributed by atoms with E-state index in [1.54, 1.807) is 20.8 Å². The third-order valence-corrected chi connectivity index (χ3v) is 2.74. The van der Waals surface area contributed by atoms with Crippen LogP contribution >= 0.6 is 0 Å². The van der Waals surface area contributed by atoms with E-state index in [4.69, 9.17) is 4.74 Å². The average Bonchev–Trinajstić information content (AvgIpc) is 2.30. The molecule has 20 heavy (non-hydrogen) atoms. The van der Waals surface area contributed by atoms with Gasteiger partial charge in [0.2, 0.25) is 0 Å². The Hall–Kier alpha value is -1.72. The molecule has 0 aromatic heterocycles. The van der Waals surface area contributed by atoms with Gasteiger partial charge >= 0.3 is 12.1 Å². The molecule has 0 spiro atoms. The number of hydrogen-bond acceptors (Lipinski definition) is 3. The topological polar surface area (TPSA) is 38.3 Å². The SMILES string of the molecule is CCOC(=O)CC(C)Nc1cc(C(F)(F)F)ccc1C. The molecule has 1 unspecified atom stereocenters. The maximum atomic E-state index is 12.6. The Kier molecular flexibility index (Phi) is 5.42. The molecule has 0 aliphatic heterocycles. The number of hydrogen-bond donors (Lipinski definition) is 1. The van der Waals surface area contributed by atoms with Crippen molar-refractivity contribution in [3.05, 3.63) is 29.3 Å². The molecule has 0 aliphatic carbocycles. The van der Waals surface area contributed by atoms with Gasteiger partial charge in [-0.25, -0.2) is 0 Å². The normalized spacial score (nSPS) is 12.9. The largest absolute Gasteiger partial charge is 0.466 e. The van der Waals surface area contributed by atoms with E-state index in [0.717, 1.165) is 12.1 Å². The Morgan fingerprint density at radius 2 is 2.05 bits per heavy atom. The third kappa shape index (κ3) is 4.75. The lowest BCUT2D eigenvalue weighted by Gasteiger charge is -2.18. The summed E-state index contributed by atoms with van der Waals surface area (Å²) in [6.07, 6.45) is -4.28. The van der Waals surface area contributed by atoms with Crippen LogP contribution in [0.2, 0.25) is 0 Å². The van der Waals surface area contributed by atoms with Gasteiger partial charge in [-0.05, 0) is 38.5 Å². The summed E-state index contributed by atoms with van der Waals surface area (Å²) in [4.78, 5) is 11.3. The highest BCUT2D eigenvalue weighted by atomic mass is 19.4. The molecular formula is C14H18F3NO2. The lowest BCUT2D eigenvalue weighted by molar-refractivity contribution is -0.143. The van der Waals surface area contributed by atoms with E-state index >= 15 is 0 Å². The minimum absolute atomic E-state index is 0.101. The zero-order chi connectivity index (χ0) is 15.3. The van der Waals surface area contributed by atoms with Gasteiger partial charge in [0.05, 0.1) is 18.6 Å². The molecule has 1 rings (SSSR count). The number of benzene rings is 1. The monoisotopic (exact) mass is 289 g/mol. The molecule has 3 nitrogen and oxygen atoms in total. The first-order chi connectivity index (χ1) is 9.24. The molecule has 6 heteroatoms. The van der Waals surface area contributed by atoms with Crippen molar-refractivity contribution < 1.29 is 22.7 Å². The van der Waals surface area contributed by atoms with Gasteiger partial charge in [-0.2, -0.15) is 13.2 Å². The second kappa shape index (κ2) is 6.63. The zero-order valence-electron chi connectivity index (χ0n) is 11.7. The van der Waals surface area contributed by atoms with E-state index in [-0.39, 0.29) is 25.0 Å². The quantitative estimate of drug-likeness (QED) is 0.839. The molecule has 0 amide bonds. The summed E-state index contributed by atoms with van der Waals surface area (Å²) in [6, 6.07) is 3.19. The van der Waals surface area contributed by atoms with Crippen LogP contribution in [0.1, 0.15) is 31.4 Å². The van der Waals surface area contributed by atoms with Crippen molar-refractivity contribution in [2.75, 3.05) is 11.9 Å². The van der Waals surface area contributed by atoms with Crippen molar-refractivity contribution in [3.63, 3.8) is 0 Å². The molecule has 112 valence electrons. The van der Waals surface area contributed by atoms with Crippen molar-refractivity contribution in [2.45, 2.75) is 39.4 Å². The van der Waals surface area contributed by atoms with Crippen LogP contribution in [0, 0.1) is 6.92 Å². The predicted molar refractivity (Wildman–Crippen MR) is 70.5 cm³/mol. The number of carbonyl (C=O) groups is 1. The number of rotatable bonds is 5. The summed E-state index contributed by atoms with van der Waals surface area (Å²) in [5, 5.41) is 2.91. The Balaban J connectivity index is 2.79. The molecule has 1 N–H and O–H groups in total. The predicted octanol–water partition coefficient (Wildman–Crippen LogP) is 3.77. The van der Waals surface area contributed by atoms with Crippen LogP contribution < -0.4 is 5.32 Å². The van der Waals surface area contributed by atoms with E-state index in [1.807, 2.05) is 0 Å². The Morgan fingerprint density at radius 3 is 2.60 bits per heavy atom. The molecule has 1 aromatic carbocycles. The van der Waals surface area contributed by atoms with Gasteiger partial charge in [-0.1, -0.05) is 6.07 Å². The van der Waals surface area contributed by atoms with Gasteiger partial charge in [-0.3, -0.25) is 4.79 Å². The number of alkyl halides is 3. The maximum absolute atomic E-state index is 12.6. The zero-order valence-corrected chi connectivity index (χ0v) is 11.7. The van der Waals surface area contributed by atoms with E-state index in [1.165, 1.54) is 6.07 Å². The Labute approximate surface area is 116 Å². The minimum atomic E-state index is -4.38. The smallest absolute Gasteiger partial charge is 0.416 e. The fourth-order valence-electron chi connectivity index (χ4n) is 1.74. The fourth-order valence-corrected chi connectivity index (χ4v) is 1.74. The van der Waals surface area contributed by atoms with Crippen LogP contribution in [0.3, 0.4) is 0 Å². The number of nitrogens with one attached hydrogen (secondary N) is 1. The summed E-state index contributed by atoms with van der Waals surface area (Å²) in [6.45, 7) is 5.41. The van der Waals surface area contributed by atoms with E-state index in [2.05, 4.69) is 5.32 Å². The van der Waals surface area contributed by atoms with Crippen LogP contribution in [0.5, 0.6) is 0 Å². The molecule has 0 radical (unpaired) electrons. The van der Waals surface area contributed by atoms with Gasteiger partial charge in [0.25, 0.3) is 0 Å². The van der Waals surface area contributed by atoms with E-state index < -0.39 is 11.7 Å². The van der Waals surface area contributed by atoms with Crippen molar-refractivity contribution in [1.82, 2.24) is 0 Å². The molecule has 1 atom stereocenters. The Morgan fingerprint density at radius 1 is 1.40 bits per heavy atom. The molecular weight excluding hydrogens is 271 g/mol. The Bertz CT molecular complexity index is 472. The summed E-state index contributed by atoms with van der Waals surface area (Å²) >= 11 is 0. The minimum Gasteiger partial charge on any atom is -0.466 e. The first kappa shape index (κ1) is 16.3. The summed E-state index contributed by atoms with van der Waals surface area (Å²) in [5.41, 5.74) is 0.347. The van der Waals surface area contributed by atoms with Gasteiger partial charge in [0, 0.05) is 11.7 Å². The van der Waals surface area contributed by atoms with Crippen LogP contribution in [0.25, 0.3) is 0 Å². The highest BCUT2D eigenvalue weighted by molar-refractivity contribution is 5.71. The highest BCUT2D eigenvalue weighted by Crippen LogP contribution is 2.32. The van der Waals surface area contributed by atoms with Crippen LogP contribution in [-0.4, -0.2) is 18.6 Å². The lowest BCUT2D eigenvalue weighted by Crippen LogP contribution is -2.21. The number of esters is 1. The van der Waals surface area contributed by atoms with Gasteiger partial charge in [0.1, 0.15) is 0 Å². The number of halogens is 3. The first-order valence-electron chi connectivity index (χ1n) is 6.34. The van der Waals surface area contributed by atoms with Crippen molar-refractivity contribution in [1.29, 1.82) is 0 Å². The molecule has 0 bridgehead atoms. The van der Waals surface area contributed by atoms with Crippen molar-refractivity contribution in [2.24, 2.45) is 0 Å². The standard InChI is InChI=1S/C14H18F3NO2/c1-4-20-13(19)7-10(3)18-12-8-11(14(15,16)17)6-5-9(12)2/h5-6,8,10,18H,4,7H2,1-3H3. The summed E-state index contributed by atoms with van der Waals surface area (Å²) in [7, 11) is 0. The van der Waals surface area contributed by atoms with Gasteiger partial charge < -0.3 is 10.1 Å². The number of carbonyl (C=O) groups excluding carboxylic acids is 1. The second-order valence-electron chi connectivity index (χ2n) is 4.58. The van der Waals surface area contributed by atoms with E-state index in [0.29, 0.717) is 11.3 Å². The summed E-state index contributed by atoms with van der Waals surface area (Å²) < 4.78 is 42.7. The molecule has 0 aliphatic rings. The van der Waals surface area contributed by atoms with Crippen LogP contribution in [-0.2, 0) is 15.7 Å². The second-order valence-corrected chi connectivity index (χ2v) is 4.58. The number of aryl methyl sites for hydroxylation is 1.